The predicted octanol–water partition coefficient (Wildman–Crippen LogP) is 5.59. The number of rotatable bonds is 15. The van der Waals surface area contributed by atoms with Gasteiger partial charge in [0, 0.05) is 6.42 Å². The van der Waals surface area contributed by atoms with Crippen molar-refractivity contribution in [2.75, 3.05) is 0 Å². The third kappa shape index (κ3) is 16.8. The van der Waals surface area contributed by atoms with Gasteiger partial charge in [0.05, 0.1) is 0 Å². The zero-order valence-electron chi connectivity index (χ0n) is 15.8. The van der Waals surface area contributed by atoms with Gasteiger partial charge < -0.3 is 9.84 Å². The van der Waals surface area contributed by atoms with Crippen molar-refractivity contribution in [3.8, 4) is 0 Å². The minimum Gasteiger partial charge on any atom is -0.479 e. The minimum atomic E-state index is -1.11. The van der Waals surface area contributed by atoms with Crippen LogP contribution in [0.15, 0.2) is 36.5 Å². The Hall–Kier alpha value is -1.84. The second kappa shape index (κ2) is 17.0. The van der Waals surface area contributed by atoms with Gasteiger partial charge in [0.1, 0.15) is 0 Å². The Balaban J connectivity index is 3.41. The van der Waals surface area contributed by atoms with Crippen LogP contribution in [0.3, 0.4) is 0 Å². The number of carboxylic acid groups (broad SMARTS) is 1. The standard InChI is InChI=1S/C21H34O4/c1-3-4-5-6-7-8-9-10-11-12-13-14-15-16-17-18-20(22)25-19(2)21(23)24/h4-5,7-8,10-11,19H,3,6,9,12-18H2,1-2H3,(H,23,24)/b5-4-,8-7-,11-10-. The van der Waals surface area contributed by atoms with E-state index in [9.17, 15) is 9.59 Å². The molecule has 0 heterocycles. The fourth-order valence-corrected chi connectivity index (χ4v) is 2.19. The first kappa shape index (κ1) is 23.2. The van der Waals surface area contributed by atoms with Gasteiger partial charge >= 0.3 is 11.9 Å². The van der Waals surface area contributed by atoms with Gasteiger partial charge in [-0.25, -0.2) is 4.79 Å². The van der Waals surface area contributed by atoms with Crippen LogP contribution >= 0.6 is 0 Å². The van der Waals surface area contributed by atoms with Crippen molar-refractivity contribution in [1.82, 2.24) is 0 Å². The normalized spacial score (nSPS) is 13.0. The van der Waals surface area contributed by atoms with Gasteiger partial charge in [0.2, 0.25) is 0 Å². The molecule has 0 aliphatic rings. The molecule has 1 unspecified atom stereocenters. The monoisotopic (exact) mass is 350 g/mol. The van der Waals surface area contributed by atoms with Crippen molar-refractivity contribution in [1.29, 1.82) is 0 Å². The zero-order valence-corrected chi connectivity index (χ0v) is 15.8. The Morgan fingerprint density at radius 1 is 0.880 bits per heavy atom. The molecule has 0 aromatic carbocycles. The highest BCUT2D eigenvalue weighted by atomic mass is 16.6. The highest BCUT2D eigenvalue weighted by Gasteiger charge is 2.15. The van der Waals surface area contributed by atoms with Crippen LogP contribution in [0.2, 0.25) is 0 Å². The third-order valence-corrected chi connectivity index (χ3v) is 3.69. The second-order valence-electron chi connectivity index (χ2n) is 6.07. The third-order valence-electron chi connectivity index (χ3n) is 3.69. The van der Waals surface area contributed by atoms with E-state index in [1.165, 1.54) is 13.3 Å². The van der Waals surface area contributed by atoms with E-state index in [0.29, 0.717) is 6.42 Å². The molecule has 0 aromatic rings. The van der Waals surface area contributed by atoms with Crippen LogP contribution in [-0.2, 0) is 14.3 Å². The molecule has 0 aliphatic carbocycles. The Kier molecular flexibility index (Phi) is 15.7. The number of allylic oxidation sites excluding steroid dienone is 6. The summed E-state index contributed by atoms with van der Waals surface area (Å²) in [6, 6.07) is 0. The van der Waals surface area contributed by atoms with Gasteiger partial charge in [-0.05, 0) is 45.4 Å². The van der Waals surface area contributed by atoms with Crippen LogP contribution in [0.1, 0.15) is 78.1 Å². The number of hydrogen-bond donors (Lipinski definition) is 1. The SMILES string of the molecule is CC/C=C\C/C=C\C/C=C\CCCCCCCC(=O)OC(C)C(=O)O. The van der Waals surface area contributed by atoms with Crippen LogP contribution < -0.4 is 0 Å². The number of aliphatic carboxylic acids is 1. The molecule has 142 valence electrons. The maximum atomic E-state index is 11.4. The molecule has 0 bridgehead atoms. The molecule has 0 saturated carbocycles. The van der Waals surface area contributed by atoms with Gasteiger partial charge in [0.25, 0.3) is 0 Å². The predicted molar refractivity (Wildman–Crippen MR) is 102 cm³/mol. The van der Waals surface area contributed by atoms with Crippen molar-refractivity contribution in [2.45, 2.75) is 84.2 Å². The Morgan fingerprint density at radius 2 is 1.44 bits per heavy atom. The van der Waals surface area contributed by atoms with Crippen LogP contribution in [0.25, 0.3) is 0 Å². The summed E-state index contributed by atoms with van der Waals surface area (Å²) in [4.78, 5) is 21.9. The van der Waals surface area contributed by atoms with E-state index in [4.69, 9.17) is 9.84 Å². The molecule has 0 aromatic heterocycles. The maximum absolute atomic E-state index is 11.4. The van der Waals surface area contributed by atoms with E-state index in [1.54, 1.807) is 0 Å². The van der Waals surface area contributed by atoms with Crippen LogP contribution in [-0.4, -0.2) is 23.1 Å². The first-order chi connectivity index (χ1) is 12.1. The lowest BCUT2D eigenvalue weighted by atomic mass is 10.1. The fourth-order valence-electron chi connectivity index (χ4n) is 2.19. The maximum Gasteiger partial charge on any atom is 0.344 e. The molecule has 4 heteroatoms. The van der Waals surface area contributed by atoms with Crippen LogP contribution in [0, 0.1) is 0 Å². The van der Waals surface area contributed by atoms with Gasteiger partial charge in [-0.3, -0.25) is 4.79 Å². The quantitative estimate of drug-likeness (QED) is 0.237. The highest BCUT2D eigenvalue weighted by molar-refractivity contribution is 5.77. The molecule has 1 N–H and O–H groups in total. The molecular weight excluding hydrogens is 316 g/mol. The summed E-state index contributed by atoms with van der Waals surface area (Å²) in [5, 5.41) is 8.65. The molecule has 0 aliphatic heterocycles. The van der Waals surface area contributed by atoms with Gasteiger partial charge in [-0.1, -0.05) is 62.6 Å². The Labute approximate surface area is 152 Å². The van der Waals surface area contributed by atoms with E-state index in [-0.39, 0.29) is 0 Å². The lowest BCUT2D eigenvalue weighted by Crippen LogP contribution is -2.23. The number of carbonyl (C=O) groups excluding carboxylic acids is 1. The molecular formula is C21H34O4. The summed E-state index contributed by atoms with van der Waals surface area (Å²) >= 11 is 0. The van der Waals surface area contributed by atoms with Gasteiger partial charge in [-0.15, -0.1) is 0 Å². The lowest BCUT2D eigenvalue weighted by Gasteiger charge is -2.08. The molecule has 0 saturated heterocycles. The average molecular weight is 350 g/mol. The van der Waals surface area contributed by atoms with E-state index < -0.39 is 18.0 Å². The minimum absolute atomic E-state index is 0.303. The van der Waals surface area contributed by atoms with Crippen LogP contribution in [0.5, 0.6) is 0 Å². The fraction of sp³-hybridized carbons (Fsp3) is 0.619. The van der Waals surface area contributed by atoms with E-state index in [2.05, 4.69) is 43.4 Å². The molecule has 0 rings (SSSR count). The van der Waals surface area contributed by atoms with Crippen molar-refractivity contribution in [2.24, 2.45) is 0 Å². The summed E-state index contributed by atoms with van der Waals surface area (Å²) < 4.78 is 4.77. The van der Waals surface area contributed by atoms with Crippen molar-refractivity contribution in [3.63, 3.8) is 0 Å². The topological polar surface area (TPSA) is 63.6 Å². The van der Waals surface area contributed by atoms with Crippen molar-refractivity contribution in [3.05, 3.63) is 36.5 Å². The molecule has 1 atom stereocenters. The number of carbonyl (C=O) groups is 2. The molecule has 4 nitrogen and oxygen atoms in total. The number of ether oxygens (including phenoxy) is 1. The molecule has 0 radical (unpaired) electrons. The van der Waals surface area contributed by atoms with Crippen LogP contribution in [0.4, 0.5) is 0 Å². The van der Waals surface area contributed by atoms with Gasteiger partial charge in [-0.2, -0.15) is 0 Å². The summed E-state index contributed by atoms with van der Waals surface area (Å²) in [5.41, 5.74) is 0. The summed E-state index contributed by atoms with van der Waals surface area (Å²) in [7, 11) is 0. The Bertz CT molecular complexity index is 435. The second-order valence-corrected chi connectivity index (χ2v) is 6.07. The molecule has 0 spiro atoms. The molecule has 0 fully saturated rings. The van der Waals surface area contributed by atoms with E-state index in [1.807, 2.05) is 0 Å². The first-order valence-corrected chi connectivity index (χ1v) is 9.45. The summed E-state index contributed by atoms with van der Waals surface area (Å²) in [5.74, 6) is -1.53. The number of unbranched alkanes of at least 4 members (excludes halogenated alkanes) is 5. The van der Waals surface area contributed by atoms with E-state index >= 15 is 0 Å². The largest absolute Gasteiger partial charge is 0.479 e. The lowest BCUT2D eigenvalue weighted by molar-refractivity contribution is -0.162. The zero-order chi connectivity index (χ0) is 18.8. The highest BCUT2D eigenvalue weighted by Crippen LogP contribution is 2.09. The summed E-state index contributed by atoms with van der Waals surface area (Å²) in [6.45, 7) is 3.51. The Morgan fingerprint density at radius 3 is 2.08 bits per heavy atom. The van der Waals surface area contributed by atoms with Crippen molar-refractivity contribution >= 4 is 11.9 Å². The summed E-state index contributed by atoms with van der Waals surface area (Å²) in [6.07, 6.45) is 21.8. The first-order valence-electron chi connectivity index (χ1n) is 9.45. The van der Waals surface area contributed by atoms with Crippen molar-refractivity contribution < 1.29 is 19.4 Å². The number of hydrogen-bond acceptors (Lipinski definition) is 3. The number of carboxylic acids is 1. The molecule has 0 amide bonds. The molecule has 25 heavy (non-hydrogen) atoms. The smallest absolute Gasteiger partial charge is 0.344 e. The average Bonchev–Trinajstić information content (AvgIpc) is 2.58. The van der Waals surface area contributed by atoms with Gasteiger partial charge in [0.15, 0.2) is 6.10 Å². The number of esters is 1. The van der Waals surface area contributed by atoms with E-state index in [0.717, 1.165) is 51.4 Å².